The summed E-state index contributed by atoms with van der Waals surface area (Å²) in [6.45, 7) is 4.75. The zero-order valence-electron chi connectivity index (χ0n) is 18.9. The Labute approximate surface area is 193 Å². The molecule has 3 fully saturated rings. The molecular formula is C25H32F3N5. The van der Waals surface area contributed by atoms with Gasteiger partial charge in [0.25, 0.3) is 0 Å². The average Bonchev–Trinajstić information content (AvgIpc) is 3.26. The number of rotatable bonds is 3. The number of pyridine rings is 1. The first kappa shape index (κ1) is 23.8. The van der Waals surface area contributed by atoms with Crippen molar-refractivity contribution in [2.75, 3.05) is 50.7 Å². The minimum absolute atomic E-state index is 0.580. The van der Waals surface area contributed by atoms with E-state index in [1.807, 2.05) is 12.1 Å². The van der Waals surface area contributed by atoms with Gasteiger partial charge >= 0.3 is 6.68 Å². The number of benzene rings is 1. The standard InChI is InChI=1S/C24H31N5.CHF3/c25-15-20-4-5-22(21-3-1-10-27-23(20)21)29-14-6-19(17-29)16-28-13-2-7-24(18-28)8-11-26-12-9-24;2-1(3)4/h1,3-5,10,19,26H,2,6-9,11-14,16-18H2;1H. The van der Waals surface area contributed by atoms with Gasteiger partial charge in [0, 0.05) is 43.4 Å². The molecule has 4 heterocycles. The summed E-state index contributed by atoms with van der Waals surface area (Å²) in [7, 11) is 0. The summed E-state index contributed by atoms with van der Waals surface area (Å²) >= 11 is 0. The largest absolute Gasteiger partial charge is 0.379 e. The van der Waals surface area contributed by atoms with E-state index in [9.17, 15) is 18.4 Å². The maximum atomic E-state index is 9.67. The third-order valence-corrected chi connectivity index (χ3v) is 7.41. The fourth-order valence-electron chi connectivity index (χ4n) is 5.92. The quantitative estimate of drug-likeness (QED) is 0.728. The van der Waals surface area contributed by atoms with E-state index >= 15 is 0 Å². The molecule has 5 nitrogen and oxygen atoms in total. The minimum atomic E-state index is -3.67. The molecule has 2 aromatic rings. The monoisotopic (exact) mass is 459 g/mol. The Balaban J connectivity index is 0.000000601. The molecule has 33 heavy (non-hydrogen) atoms. The van der Waals surface area contributed by atoms with E-state index < -0.39 is 6.68 Å². The molecule has 1 atom stereocenters. The third kappa shape index (κ3) is 5.77. The van der Waals surface area contributed by atoms with Gasteiger partial charge in [-0.3, -0.25) is 4.98 Å². The number of alkyl halides is 3. The van der Waals surface area contributed by atoms with Crippen LogP contribution in [0.3, 0.4) is 0 Å². The smallest absolute Gasteiger partial charge is 0.371 e. The normalized spacial score (nSPS) is 22.9. The van der Waals surface area contributed by atoms with Crippen molar-refractivity contribution >= 4 is 16.6 Å². The van der Waals surface area contributed by atoms with Gasteiger partial charge < -0.3 is 15.1 Å². The van der Waals surface area contributed by atoms with Gasteiger partial charge in [0.15, 0.2) is 0 Å². The lowest BCUT2D eigenvalue weighted by molar-refractivity contribution is 0.00819. The molecule has 0 amide bonds. The average molecular weight is 460 g/mol. The number of piperidine rings is 2. The van der Waals surface area contributed by atoms with Crippen LogP contribution in [0.25, 0.3) is 10.9 Å². The van der Waals surface area contributed by atoms with Gasteiger partial charge in [-0.15, -0.1) is 0 Å². The third-order valence-electron chi connectivity index (χ3n) is 7.41. The lowest BCUT2D eigenvalue weighted by Crippen LogP contribution is -2.49. The van der Waals surface area contributed by atoms with Crippen LogP contribution in [-0.2, 0) is 0 Å². The molecule has 8 heteroatoms. The van der Waals surface area contributed by atoms with E-state index in [2.05, 4.69) is 38.3 Å². The Morgan fingerprint density at radius 1 is 1.15 bits per heavy atom. The van der Waals surface area contributed by atoms with Crippen molar-refractivity contribution in [3.05, 3.63) is 36.0 Å². The highest BCUT2D eigenvalue weighted by Crippen LogP contribution is 2.39. The number of nitrogens with zero attached hydrogens (tertiary/aromatic N) is 4. The Kier molecular flexibility index (Phi) is 7.71. The van der Waals surface area contributed by atoms with Crippen LogP contribution in [0.4, 0.5) is 18.9 Å². The number of aromatic nitrogens is 1. The molecule has 5 rings (SSSR count). The Hall–Kier alpha value is -2.37. The zero-order chi connectivity index (χ0) is 23.3. The maximum Gasteiger partial charge on any atom is 0.379 e. The lowest BCUT2D eigenvalue weighted by Gasteiger charge is -2.46. The summed E-state index contributed by atoms with van der Waals surface area (Å²) in [5.41, 5.74) is 3.32. The highest BCUT2D eigenvalue weighted by molar-refractivity contribution is 5.95. The number of anilines is 1. The van der Waals surface area contributed by atoms with Crippen LogP contribution in [0.15, 0.2) is 30.5 Å². The number of halogens is 3. The van der Waals surface area contributed by atoms with Gasteiger partial charge in [0.1, 0.15) is 6.07 Å². The van der Waals surface area contributed by atoms with Crippen molar-refractivity contribution in [3.8, 4) is 6.07 Å². The van der Waals surface area contributed by atoms with Crippen LogP contribution in [-0.4, -0.2) is 62.4 Å². The van der Waals surface area contributed by atoms with Crippen LogP contribution in [0.1, 0.15) is 37.7 Å². The van der Waals surface area contributed by atoms with E-state index in [4.69, 9.17) is 0 Å². The van der Waals surface area contributed by atoms with Crippen molar-refractivity contribution < 1.29 is 13.2 Å². The molecule has 1 aromatic heterocycles. The molecule has 3 saturated heterocycles. The molecular weight excluding hydrogens is 427 g/mol. The number of hydrogen-bond acceptors (Lipinski definition) is 5. The first-order valence-corrected chi connectivity index (χ1v) is 11.9. The summed E-state index contributed by atoms with van der Waals surface area (Å²) in [6, 6.07) is 10.4. The second-order valence-corrected chi connectivity index (χ2v) is 9.58. The predicted molar refractivity (Wildman–Crippen MR) is 124 cm³/mol. The minimum Gasteiger partial charge on any atom is -0.371 e. The van der Waals surface area contributed by atoms with E-state index in [-0.39, 0.29) is 0 Å². The number of hydrogen-bond donors (Lipinski definition) is 1. The first-order valence-electron chi connectivity index (χ1n) is 11.9. The van der Waals surface area contributed by atoms with Crippen molar-refractivity contribution in [2.45, 2.75) is 38.8 Å². The van der Waals surface area contributed by atoms with E-state index in [0.29, 0.717) is 11.0 Å². The lowest BCUT2D eigenvalue weighted by atomic mass is 9.73. The SMILES string of the molecule is FC(F)F.N#Cc1ccc(N2CCC(CN3CCCC4(CCNCC4)C3)C2)c2cccnc12. The van der Waals surface area contributed by atoms with Gasteiger partial charge in [0.05, 0.1) is 11.1 Å². The van der Waals surface area contributed by atoms with Crippen LogP contribution in [0.2, 0.25) is 0 Å². The van der Waals surface area contributed by atoms with Crippen molar-refractivity contribution in [1.82, 2.24) is 15.2 Å². The number of fused-ring (bicyclic) bond motifs is 1. The topological polar surface area (TPSA) is 55.2 Å². The van der Waals surface area contributed by atoms with E-state index in [1.54, 1.807) is 6.20 Å². The van der Waals surface area contributed by atoms with Crippen LogP contribution in [0.5, 0.6) is 0 Å². The van der Waals surface area contributed by atoms with E-state index in [0.717, 1.165) is 29.9 Å². The highest BCUT2D eigenvalue weighted by Gasteiger charge is 2.37. The van der Waals surface area contributed by atoms with Gasteiger partial charge in [-0.05, 0) is 87.3 Å². The highest BCUT2D eigenvalue weighted by atomic mass is 19.4. The Morgan fingerprint density at radius 3 is 2.70 bits per heavy atom. The predicted octanol–water partition coefficient (Wildman–Crippen LogP) is 4.58. The molecule has 0 bridgehead atoms. The maximum absolute atomic E-state index is 9.67. The number of nitrogens with one attached hydrogen (secondary N) is 1. The molecule has 3 aliphatic rings. The van der Waals surface area contributed by atoms with E-state index in [1.165, 1.54) is 70.5 Å². The van der Waals surface area contributed by atoms with Gasteiger partial charge in [-0.2, -0.15) is 18.4 Å². The van der Waals surface area contributed by atoms with Crippen LogP contribution < -0.4 is 10.2 Å². The van der Waals surface area contributed by atoms with Crippen LogP contribution in [0, 0.1) is 22.7 Å². The van der Waals surface area contributed by atoms with Gasteiger partial charge in [-0.25, -0.2) is 0 Å². The second kappa shape index (κ2) is 10.7. The van der Waals surface area contributed by atoms with Crippen LogP contribution >= 0.6 is 0 Å². The summed E-state index contributed by atoms with van der Waals surface area (Å²) in [5, 5.41) is 14.1. The van der Waals surface area contributed by atoms with Gasteiger partial charge in [-0.1, -0.05) is 0 Å². The molecule has 0 radical (unpaired) electrons. The number of nitriles is 1. The summed E-state index contributed by atoms with van der Waals surface area (Å²) in [5.74, 6) is 0.731. The molecule has 1 N–H and O–H groups in total. The molecule has 1 unspecified atom stereocenters. The Morgan fingerprint density at radius 2 is 1.94 bits per heavy atom. The molecule has 178 valence electrons. The summed E-state index contributed by atoms with van der Waals surface area (Å²) in [4.78, 5) is 9.76. The Bertz CT molecular complexity index is 962. The fraction of sp³-hybridized carbons (Fsp3) is 0.600. The van der Waals surface area contributed by atoms with Crippen molar-refractivity contribution in [2.24, 2.45) is 11.3 Å². The van der Waals surface area contributed by atoms with Crippen molar-refractivity contribution in [3.63, 3.8) is 0 Å². The molecule has 1 spiro atoms. The number of likely N-dealkylation sites (tertiary alicyclic amines) is 1. The zero-order valence-corrected chi connectivity index (χ0v) is 18.9. The molecule has 3 aliphatic heterocycles. The molecule has 1 aromatic carbocycles. The van der Waals surface area contributed by atoms with Gasteiger partial charge in [0.2, 0.25) is 0 Å². The summed E-state index contributed by atoms with van der Waals surface area (Å²) < 4.78 is 29.0. The molecule has 0 saturated carbocycles. The van der Waals surface area contributed by atoms with Crippen molar-refractivity contribution in [1.29, 1.82) is 5.26 Å². The fourth-order valence-corrected chi connectivity index (χ4v) is 5.92. The summed E-state index contributed by atoms with van der Waals surface area (Å²) in [6.07, 6.45) is 8.53. The first-order chi connectivity index (χ1) is 16.0. The second-order valence-electron chi connectivity index (χ2n) is 9.58. The molecule has 0 aliphatic carbocycles.